The quantitative estimate of drug-likeness (QED) is 0.828. The molecule has 1 unspecified atom stereocenters. The summed E-state index contributed by atoms with van der Waals surface area (Å²) in [5.41, 5.74) is 3.89. The van der Waals surface area contributed by atoms with Gasteiger partial charge in [-0.05, 0) is 36.5 Å². The molecular formula is C21H22N2O3. The molecule has 0 amide bonds. The standard InChI is InChI=1S/C21H22N2O3/c1-12-17(20(25)26-4)18(14-7-5-13(11-22)6-8-14)19-15(23-12)9-21(2,3)10-16(19)24/h5-8,18,23H,9-10H2,1-4H3. The number of ether oxygens (including phenoxy) is 1. The van der Waals surface area contributed by atoms with E-state index in [-0.39, 0.29) is 11.2 Å². The molecule has 0 bridgehead atoms. The van der Waals surface area contributed by atoms with E-state index in [1.54, 1.807) is 12.1 Å². The number of nitriles is 1. The van der Waals surface area contributed by atoms with Gasteiger partial charge in [0.05, 0.1) is 24.3 Å². The second-order valence-corrected chi connectivity index (χ2v) is 7.66. The molecule has 2 aliphatic rings. The lowest BCUT2D eigenvalue weighted by molar-refractivity contribution is -0.136. The molecule has 5 nitrogen and oxygen atoms in total. The van der Waals surface area contributed by atoms with Gasteiger partial charge in [0.2, 0.25) is 0 Å². The predicted octanol–water partition coefficient (Wildman–Crippen LogP) is 3.34. The first-order valence-electron chi connectivity index (χ1n) is 8.60. The zero-order valence-corrected chi connectivity index (χ0v) is 15.5. The Kier molecular flexibility index (Phi) is 4.45. The summed E-state index contributed by atoms with van der Waals surface area (Å²) in [5.74, 6) is -0.879. The van der Waals surface area contributed by atoms with Gasteiger partial charge >= 0.3 is 5.97 Å². The average molecular weight is 350 g/mol. The van der Waals surface area contributed by atoms with Gasteiger partial charge in [0.25, 0.3) is 0 Å². The molecule has 0 saturated carbocycles. The number of ketones is 1. The number of nitrogens with one attached hydrogen (secondary N) is 1. The molecule has 1 aromatic rings. The number of dihydropyridines is 1. The van der Waals surface area contributed by atoms with Gasteiger partial charge in [0, 0.05) is 29.3 Å². The Morgan fingerprint density at radius 3 is 2.50 bits per heavy atom. The molecule has 1 N–H and O–H groups in total. The van der Waals surface area contributed by atoms with Crippen LogP contribution in [0, 0.1) is 16.7 Å². The van der Waals surface area contributed by atoms with E-state index in [0.717, 1.165) is 17.7 Å². The molecular weight excluding hydrogens is 328 g/mol. The fraction of sp³-hybridized carbons (Fsp3) is 0.381. The number of rotatable bonds is 2. The van der Waals surface area contributed by atoms with E-state index in [2.05, 4.69) is 25.2 Å². The van der Waals surface area contributed by atoms with Crippen LogP contribution >= 0.6 is 0 Å². The normalized spacial score (nSPS) is 21.7. The van der Waals surface area contributed by atoms with Crippen molar-refractivity contribution in [1.82, 2.24) is 5.32 Å². The van der Waals surface area contributed by atoms with Crippen molar-refractivity contribution in [1.29, 1.82) is 5.26 Å². The number of allylic oxidation sites excluding steroid dienone is 3. The number of carbonyl (C=O) groups is 2. The fourth-order valence-corrected chi connectivity index (χ4v) is 3.90. The van der Waals surface area contributed by atoms with Crippen molar-refractivity contribution < 1.29 is 14.3 Å². The maximum absolute atomic E-state index is 13.0. The maximum atomic E-state index is 13.0. The Labute approximate surface area is 153 Å². The van der Waals surface area contributed by atoms with Crippen molar-refractivity contribution in [2.45, 2.75) is 39.5 Å². The number of hydrogen-bond acceptors (Lipinski definition) is 5. The second kappa shape index (κ2) is 6.45. The van der Waals surface area contributed by atoms with Crippen molar-refractivity contribution in [3.05, 3.63) is 57.9 Å². The number of hydrogen-bond donors (Lipinski definition) is 1. The highest BCUT2D eigenvalue weighted by molar-refractivity contribution is 6.04. The first-order chi connectivity index (χ1) is 12.3. The number of methoxy groups -OCH3 is 1. The molecule has 1 atom stereocenters. The summed E-state index contributed by atoms with van der Waals surface area (Å²) in [4.78, 5) is 25.5. The predicted molar refractivity (Wildman–Crippen MR) is 96.8 cm³/mol. The number of nitrogens with zero attached hydrogens (tertiary/aromatic N) is 1. The minimum Gasteiger partial charge on any atom is -0.466 e. The van der Waals surface area contributed by atoms with Crippen molar-refractivity contribution in [2.75, 3.05) is 7.11 Å². The zero-order valence-electron chi connectivity index (χ0n) is 15.5. The highest BCUT2D eigenvalue weighted by Gasteiger charge is 2.42. The fourth-order valence-electron chi connectivity index (χ4n) is 3.90. The minimum absolute atomic E-state index is 0.0482. The van der Waals surface area contributed by atoms with Gasteiger partial charge in [0.1, 0.15) is 0 Å². The molecule has 0 radical (unpaired) electrons. The van der Waals surface area contributed by atoms with Crippen LogP contribution < -0.4 is 5.32 Å². The van der Waals surface area contributed by atoms with E-state index in [1.807, 2.05) is 19.1 Å². The molecule has 1 heterocycles. The van der Waals surface area contributed by atoms with Crippen LogP contribution in [-0.2, 0) is 14.3 Å². The van der Waals surface area contributed by atoms with Gasteiger partial charge in [-0.1, -0.05) is 26.0 Å². The second-order valence-electron chi connectivity index (χ2n) is 7.66. The smallest absolute Gasteiger partial charge is 0.336 e. The summed E-state index contributed by atoms with van der Waals surface area (Å²) in [6.45, 7) is 5.97. The highest BCUT2D eigenvalue weighted by Crippen LogP contribution is 2.46. The van der Waals surface area contributed by atoms with Crippen LogP contribution in [0.1, 0.15) is 50.7 Å². The summed E-state index contributed by atoms with van der Waals surface area (Å²) in [7, 11) is 1.34. The Hall–Kier alpha value is -2.87. The number of benzene rings is 1. The van der Waals surface area contributed by atoms with Crippen molar-refractivity contribution in [3.8, 4) is 6.07 Å². The van der Waals surface area contributed by atoms with E-state index in [9.17, 15) is 9.59 Å². The first-order valence-corrected chi connectivity index (χ1v) is 8.60. The average Bonchev–Trinajstić information content (AvgIpc) is 2.59. The molecule has 0 spiro atoms. The summed E-state index contributed by atoms with van der Waals surface area (Å²) in [6, 6.07) is 9.12. The van der Waals surface area contributed by atoms with Crippen LogP contribution in [0.4, 0.5) is 0 Å². The molecule has 1 aromatic carbocycles. The van der Waals surface area contributed by atoms with Crippen molar-refractivity contribution in [2.24, 2.45) is 5.41 Å². The lowest BCUT2D eigenvalue weighted by Crippen LogP contribution is -2.38. The molecule has 26 heavy (non-hydrogen) atoms. The van der Waals surface area contributed by atoms with Gasteiger partial charge in [-0.3, -0.25) is 4.79 Å². The van der Waals surface area contributed by atoms with Gasteiger partial charge in [-0.25, -0.2) is 4.79 Å². The maximum Gasteiger partial charge on any atom is 0.336 e. The van der Waals surface area contributed by atoms with Crippen LogP contribution in [0.5, 0.6) is 0 Å². The van der Waals surface area contributed by atoms with Gasteiger partial charge in [-0.2, -0.15) is 5.26 Å². The van der Waals surface area contributed by atoms with Crippen molar-refractivity contribution in [3.63, 3.8) is 0 Å². The lowest BCUT2D eigenvalue weighted by Gasteiger charge is -2.39. The van der Waals surface area contributed by atoms with Gasteiger partial charge < -0.3 is 10.1 Å². The van der Waals surface area contributed by atoms with Crippen LogP contribution in [0.2, 0.25) is 0 Å². The van der Waals surface area contributed by atoms with E-state index in [1.165, 1.54) is 7.11 Å². The molecule has 1 aliphatic heterocycles. The third-order valence-corrected chi connectivity index (χ3v) is 5.02. The number of esters is 1. The molecule has 0 saturated heterocycles. The summed E-state index contributed by atoms with van der Waals surface area (Å²) >= 11 is 0. The highest BCUT2D eigenvalue weighted by atomic mass is 16.5. The third-order valence-electron chi connectivity index (χ3n) is 5.02. The Balaban J connectivity index is 2.19. The summed E-state index contributed by atoms with van der Waals surface area (Å²) < 4.78 is 4.99. The van der Waals surface area contributed by atoms with Crippen molar-refractivity contribution >= 4 is 11.8 Å². The van der Waals surface area contributed by atoms with E-state index < -0.39 is 11.9 Å². The monoisotopic (exact) mass is 350 g/mol. The molecule has 134 valence electrons. The Bertz CT molecular complexity index is 883. The topological polar surface area (TPSA) is 79.2 Å². The van der Waals surface area contributed by atoms with E-state index in [0.29, 0.717) is 28.8 Å². The van der Waals surface area contributed by atoms with Crippen LogP contribution in [0.25, 0.3) is 0 Å². The van der Waals surface area contributed by atoms with Gasteiger partial charge in [-0.15, -0.1) is 0 Å². The molecule has 0 fully saturated rings. The number of carbonyl (C=O) groups excluding carboxylic acids is 2. The lowest BCUT2D eigenvalue weighted by atomic mass is 9.68. The SMILES string of the molecule is COC(=O)C1=C(C)NC2=C(C(=O)CC(C)(C)C2)C1c1ccc(C#N)cc1. The van der Waals surface area contributed by atoms with Crippen LogP contribution in [-0.4, -0.2) is 18.9 Å². The summed E-state index contributed by atoms with van der Waals surface area (Å²) in [5, 5.41) is 12.3. The van der Waals surface area contributed by atoms with E-state index >= 15 is 0 Å². The largest absolute Gasteiger partial charge is 0.466 e. The Morgan fingerprint density at radius 1 is 1.27 bits per heavy atom. The zero-order chi connectivity index (χ0) is 19.1. The Morgan fingerprint density at radius 2 is 1.92 bits per heavy atom. The molecule has 3 rings (SSSR count). The third kappa shape index (κ3) is 3.03. The first kappa shape index (κ1) is 17.9. The molecule has 0 aromatic heterocycles. The number of Topliss-reactive ketones (excluding diaryl/α,β-unsaturated/α-hetero) is 1. The van der Waals surface area contributed by atoms with Gasteiger partial charge in [0.15, 0.2) is 5.78 Å². The molecule has 1 aliphatic carbocycles. The van der Waals surface area contributed by atoms with E-state index in [4.69, 9.17) is 10.00 Å². The minimum atomic E-state index is -0.477. The van der Waals surface area contributed by atoms with Crippen LogP contribution in [0.3, 0.4) is 0 Å². The summed E-state index contributed by atoms with van der Waals surface area (Å²) in [6.07, 6.45) is 1.18. The molecule has 5 heteroatoms. The van der Waals surface area contributed by atoms with Crippen LogP contribution in [0.15, 0.2) is 46.8 Å².